The Balaban J connectivity index is 0.00000325. The molecule has 222 valence electrons. The van der Waals surface area contributed by atoms with E-state index in [2.05, 4.69) is 49.4 Å². The highest BCUT2D eigenvalue weighted by Crippen LogP contribution is 2.31. The second-order valence-corrected chi connectivity index (χ2v) is 10.9. The van der Waals surface area contributed by atoms with E-state index in [-0.39, 0.29) is 29.8 Å². The predicted molar refractivity (Wildman–Crippen MR) is 177 cm³/mol. The minimum atomic E-state index is -0.162. The molecule has 0 aliphatic carbocycles. The Hall–Kier alpha value is -5.61. The molecule has 0 saturated carbocycles. The van der Waals surface area contributed by atoms with E-state index in [4.69, 9.17) is 0 Å². The number of nitrogens with zero attached hydrogens (tertiary/aromatic N) is 7. The van der Waals surface area contributed by atoms with E-state index in [9.17, 15) is 9.59 Å². The Bertz CT molecular complexity index is 2320. The van der Waals surface area contributed by atoms with E-state index in [0.29, 0.717) is 13.1 Å². The molecule has 1 N–H and O–H groups in total. The molecule has 0 spiro atoms. The number of aromatic nitrogens is 7. The number of pyridine rings is 2. The van der Waals surface area contributed by atoms with E-state index >= 15 is 0 Å². The lowest BCUT2D eigenvalue weighted by Crippen LogP contribution is -2.35. The number of hydrogen-bond acceptors (Lipinski definition) is 6. The Kier molecular flexibility index (Phi) is 6.98. The summed E-state index contributed by atoms with van der Waals surface area (Å²) in [5.41, 5.74) is 8.17. The largest absolute Gasteiger partial charge is 0.333 e. The number of aromatic amines is 1. The first-order chi connectivity index (χ1) is 21.5. The highest BCUT2D eigenvalue weighted by atomic mass is 35.5. The zero-order valence-corrected chi connectivity index (χ0v) is 25.0. The second-order valence-electron chi connectivity index (χ2n) is 10.9. The molecule has 11 heteroatoms. The molecule has 7 aromatic rings. The Labute approximate surface area is 263 Å². The summed E-state index contributed by atoms with van der Waals surface area (Å²) in [5.74, 6) is 0.0840. The van der Waals surface area contributed by atoms with Crippen molar-refractivity contribution in [1.29, 1.82) is 0 Å². The fourth-order valence-corrected chi connectivity index (χ4v) is 6.04. The first-order valence-electron chi connectivity index (χ1n) is 14.3. The minimum Gasteiger partial charge on any atom is -0.332 e. The monoisotopic (exact) mass is 614 g/mol. The molecular formula is C34H27ClN8O2. The summed E-state index contributed by atoms with van der Waals surface area (Å²) in [6, 6.07) is 24.4. The zero-order chi connectivity index (χ0) is 29.8. The quantitative estimate of drug-likeness (QED) is 0.278. The molecule has 8 rings (SSSR count). The SMILES string of the molecule is Cl.Cn1c(=O)n(-c2ccc(C3=CCN(C(=O)c4ncn[nH]4)CC3)cc2)c2c3cc(-c4cnc5ccccc5c4)ccc3ncc21. The highest BCUT2D eigenvalue weighted by molar-refractivity contribution is 6.05. The van der Waals surface area contributed by atoms with Gasteiger partial charge >= 0.3 is 5.69 Å². The number of benzene rings is 3. The van der Waals surface area contributed by atoms with Gasteiger partial charge < -0.3 is 4.90 Å². The third kappa shape index (κ3) is 4.76. The number of imidazole rings is 1. The van der Waals surface area contributed by atoms with Crippen molar-refractivity contribution in [1.82, 2.24) is 39.2 Å². The molecule has 5 heterocycles. The average molecular weight is 615 g/mol. The van der Waals surface area contributed by atoms with Gasteiger partial charge in [-0.05, 0) is 59.5 Å². The summed E-state index contributed by atoms with van der Waals surface area (Å²) < 4.78 is 3.41. The van der Waals surface area contributed by atoms with Crippen LogP contribution in [0.15, 0.2) is 102 Å². The molecule has 0 bridgehead atoms. The van der Waals surface area contributed by atoms with Gasteiger partial charge in [0, 0.05) is 42.7 Å². The van der Waals surface area contributed by atoms with Gasteiger partial charge in [-0.3, -0.25) is 29.0 Å². The summed E-state index contributed by atoms with van der Waals surface area (Å²) in [7, 11) is 1.78. The van der Waals surface area contributed by atoms with Crippen LogP contribution in [-0.4, -0.2) is 58.2 Å². The topological polar surface area (TPSA) is 115 Å². The number of amides is 1. The van der Waals surface area contributed by atoms with Gasteiger partial charge in [0.2, 0.25) is 5.82 Å². The standard InChI is InChI=1S/C34H26N8O2.ClH/c1-40-30-19-36-29-11-8-23(25-16-24-4-2-3-5-28(24)35-18-25)17-27(29)31(30)42(34(40)44)26-9-6-21(7-10-26)22-12-14-41(15-13-22)33(43)32-37-20-38-39-32;/h2-12,16-20H,13-15H2,1H3,(H,37,38,39);1H. The van der Waals surface area contributed by atoms with Crippen LogP contribution in [0.2, 0.25) is 0 Å². The molecule has 1 aliphatic rings. The van der Waals surface area contributed by atoms with Crippen molar-refractivity contribution in [3.8, 4) is 16.8 Å². The molecule has 0 saturated heterocycles. The molecule has 10 nitrogen and oxygen atoms in total. The maximum Gasteiger partial charge on any atom is 0.333 e. The number of nitrogens with one attached hydrogen (secondary N) is 1. The van der Waals surface area contributed by atoms with Crippen LogP contribution in [0.3, 0.4) is 0 Å². The van der Waals surface area contributed by atoms with Gasteiger partial charge in [0.15, 0.2) is 0 Å². The number of halogens is 1. The summed E-state index contributed by atoms with van der Waals surface area (Å²) in [6.45, 7) is 1.08. The summed E-state index contributed by atoms with van der Waals surface area (Å²) in [4.78, 5) is 41.3. The van der Waals surface area contributed by atoms with Crippen LogP contribution >= 0.6 is 12.4 Å². The van der Waals surface area contributed by atoms with Gasteiger partial charge in [-0.15, -0.1) is 12.4 Å². The maximum absolute atomic E-state index is 13.6. The molecule has 1 aliphatic heterocycles. The van der Waals surface area contributed by atoms with Gasteiger partial charge in [-0.25, -0.2) is 9.78 Å². The van der Waals surface area contributed by atoms with E-state index in [1.54, 1.807) is 27.3 Å². The van der Waals surface area contributed by atoms with Crippen molar-refractivity contribution in [3.05, 3.63) is 119 Å². The van der Waals surface area contributed by atoms with E-state index < -0.39 is 0 Å². The zero-order valence-electron chi connectivity index (χ0n) is 24.2. The van der Waals surface area contributed by atoms with Crippen LogP contribution in [0.1, 0.15) is 22.6 Å². The summed E-state index contributed by atoms with van der Waals surface area (Å²) in [5, 5.41) is 8.37. The van der Waals surface area contributed by atoms with Gasteiger partial charge in [-0.1, -0.05) is 42.5 Å². The van der Waals surface area contributed by atoms with Crippen molar-refractivity contribution < 1.29 is 4.79 Å². The van der Waals surface area contributed by atoms with Crippen LogP contribution in [0, 0.1) is 0 Å². The van der Waals surface area contributed by atoms with Crippen molar-refractivity contribution >= 4 is 56.7 Å². The second kappa shape index (κ2) is 11.1. The predicted octanol–water partition coefficient (Wildman–Crippen LogP) is 5.56. The van der Waals surface area contributed by atoms with Crippen molar-refractivity contribution in [2.75, 3.05) is 13.1 Å². The Morgan fingerprint density at radius 1 is 0.867 bits per heavy atom. The van der Waals surface area contributed by atoms with Gasteiger partial charge in [-0.2, -0.15) is 5.10 Å². The summed E-state index contributed by atoms with van der Waals surface area (Å²) >= 11 is 0. The number of carbonyl (C=O) groups is 1. The number of aryl methyl sites for hydroxylation is 1. The van der Waals surface area contributed by atoms with Crippen LogP contribution < -0.4 is 5.69 Å². The lowest BCUT2D eigenvalue weighted by molar-refractivity contribution is 0.0761. The van der Waals surface area contributed by atoms with Gasteiger partial charge in [0.05, 0.1) is 34.0 Å². The Morgan fingerprint density at radius 2 is 1.67 bits per heavy atom. The molecule has 0 atom stereocenters. The fourth-order valence-electron chi connectivity index (χ4n) is 6.04. The highest BCUT2D eigenvalue weighted by Gasteiger charge is 2.22. The van der Waals surface area contributed by atoms with Crippen LogP contribution in [0.5, 0.6) is 0 Å². The summed E-state index contributed by atoms with van der Waals surface area (Å²) in [6.07, 6.45) is 7.77. The average Bonchev–Trinajstić information content (AvgIpc) is 3.71. The number of carbonyl (C=O) groups excluding carboxylic acids is 1. The van der Waals surface area contributed by atoms with Gasteiger partial charge in [0.1, 0.15) is 6.33 Å². The number of H-pyrrole nitrogens is 1. The van der Waals surface area contributed by atoms with Crippen molar-refractivity contribution in [2.45, 2.75) is 6.42 Å². The fraction of sp³-hybridized carbons (Fsp3) is 0.118. The molecule has 4 aromatic heterocycles. The number of rotatable bonds is 4. The third-order valence-electron chi connectivity index (χ3n) is 8.42. The first-order valence-corrected chi connectivity index (χ1v) is 14.3. The van der Waals surface area contributed by atoms with Gasteiger partial charge in [0.25, 0.3) is 5.91 Å². The smallest absolute Gasteiger partial charge is 0.332 e. The van der Waals surface area contributed by atoms with Crippen LogP contribution in [-0.2, 0) is 7.05 Å². The number of fused-ring (bicyclic) bond motifs is 4. The first kappa shape index (κ1) is 28.2. The van der Waals surface area contributed by atoms with E-state index in [1.807, 2.05) is 60.8 Å². The van der Waals surface area contributed by atoms with Crippen molar-refractivity contribution in [3.63, 3.8) is 0 Å². The van der Waals surface area contributed by atoms with E-state index in [1.165, 1.54) is 6.33 Å². The normalized spacial score (nSPS) is 13.3. The minimum absolute atomic E-state index is 0. The molecule has 0 radical (unpaired) electrons. The van der Waals surface area contributed by atoms with E-state index in [0.717, 1.165) is 67.2 Å². The van der Waals surface area contributed by atoms with Crippen LogP contribution in [0.25, 0.3) is 55.2 Å². The van der Waals surface area contributed by atoms with Crippen molar-refractivity contribution in [2.24, 2.45) is 7.05 Å². The third-order valence-corrected chi connectivity index (χ3v) is 8.42. The Morgan fingerprint density at radius 3 is 2.44 bits per heavy atom. The number of para-hydroxylation sites is 1. The molecule has 0 unspecified atom stereocenters. The molecule has 1 amide bonds. The molecule has 0 fully saturated rings. The number of hydrogen-bond donors (Lipinski definition) is 1. The van der Waals surface area contributed by atoms with Crippen LogP contribution in [0.4, 0.5) is 0 Å². The molecule has 45 heavy (non-hydrogen) atoms. The molecular weight excluding hydrogens is 588 g/mol. The maximum atomic E-state index is 13.6. The lowest BCUT2D eigenvalue weighted by atomic mass is 9.99. The molecule has 3 aromatic carbocycles. The lowest BCUT2D eigenvalue weighted by Gasteiger charge is -2.25.